The van der Waals surface area contributed by atoms with Gasteiger partial charge in [-0.25, -0.2) is 4.39 Å². The maximum absolute atomic E-state index is 13.7. The molecule has 0 saturated carbocycles. The zero-order valence-corrected chi connectivity index (χ0v) is 12.1. The van der Waals surface area contributed by atoms with E-state index in [1.165, 1.54) is 6.07 Å². The van der Waals surface area contributed by atoms with Crippen molar-refractivity contribution in [3.8, 4) is 0 Å². The summed E-state index contributed by atoms with van der Waals surface area (Å²) < 4.78 is 20.0. The van der Waals surface area contributed by atoms with Crippen molar-refractivity contribution in [1.82, 2.24) is 5.32 Å². The number of rotatable bonds is 4. The Balaban J connectivity index is 2.29. The first-order chi connectivity index (χ1) is 8.63. The summed E-state index contributed by atoms with van der Waals surface area (Å²) in [5, 5.41) is 3.53. The summed E-state index contributed by atoms with van der Waals surface area (Å²) in [6, 6.07) is 6.36. The summed E-state index contributed by atoms with van der Waals surface area (Å²) in [4.78, 5) is 0. The number of likely N-dealkylation sites (N-methyl/N-ethyl adjacent to an activating group) is 1. The smallest absolute Gasteiger partial charge is 0.135 e. The van der Waals surface area contributed by atoms with Crippen LogP contribution in [0.15, 0.2) is 39.4 Å². The molecule has 1 aromatic heterocycles. The molecule has 2 nitrogen and oxygen atoms in total. The fourth-order valence-electron chi connectivity index (χ4n) is 1.81. The van der Waals surface area contributed by atoms with Gasteiger partial charge in [0, 0.05) is 10.6 Å². The van der Waals surface area contributed by atoms with Gasteiger partial charge >= 0.3 is 0 Å². The Bertz CT molecular complexity index is 523. The van der Waals surface area contributed by atoms with Crippen molar-refractivity contribution in [2.45, 2.75) is 12.5 Å². The summed E-state index contributed by atoms with van der Waals surface area (Å²) >= 11 is 9.42. The number of furan rings is 1. The van der Waals surface area contributed by atoms with Crippen LogP contribution in [0.3, 0.4) is 0 Å². The summed E-state index contributed by atoms with van der Waals surface area (Å²) in [5.41, 5.74) is 0.488. The molecule has 0 aliphatic heterocycles. The van der Waals surface area contributed by atoms with Crippen LogP contribution < -0.4 is 5.32 Å². The van der Waals surface area contributed by atoms with Crippen LogP contribution in [0.2, 0.25) is 5.02 Å². The lowest BCUT2D eigenvalue weighted by Crippen LogP contribution is -2.19. The van der Waals surface area contributed by atoms with Gasteiger partial charge in [-0.15, -0.1) is 0 Å². The number of halogens is 3. The summed E-state index contributed by atoms with van der Waals surface area (Å²) in [6.07, 6.45) is 2.01. The molecule has 0 fully saturated rings. The van der Waals surface area contributed by atoms with Crippen LogP contribution in [0, 0.1) is 5.82 Å². The maximum Gasteiger partial charge on any atom is 0.135 e. The van der Waals surface area contributed by atoms with E-state index >= 15 is 0 Å². The molecule has 0 amide bonds. The standard InChI is InChI=1S/C13H12BrClFNO/c1-17-12(13-9(14)5-6-18-13)7-8-10(15)3-2-4-11(8)16/h2-6,12,17H,7H2,1H3. The molecule has 2 aromatic rings. The van der Waals surface area contributed by atoms with E-state index in [0.717, 1.165) is 10.2 Å². The molecule has 18 heavy (non-hydrogen) atoms. The van der Waals surface area contributed by atoms with E-state index < -0.39 is 0 Å². The monoisotopic (exact) mass is 331 g/mol. The Labute approximate surface area is 118 Å². The molecule has 0 saturated heterocycles. The molecule has 1 heterocycles. The molecule has 0 aliphatic rings. The zero-order chi connectivity index (χ0) is 13.1. The third kappa shape index (κ3) is 2.76. The zero-order valence-electron chi connectivity index (χ0n) is 9.71. The average molecular weight is 333 g/mol. The Kier molecular flexibility index (Phi) is 4.43. The molecule has 1 aromatic carbocycles. The molecule has 0 spiro atoms. The summed E-state index contributed by atoms with van der Waals surface area (Å²) in [6.45, 7) is 0. The highest BCUT2D eigenvalue weighted by atomic mass is 79.9. The Morgan fingerprint density at radius 3 is 2.78 bits per heavy atom. The van der Waals surface area contributed by atoms with E-state index in [4.69, 9.17) is 16.0 Å². The fraction of sp³-hybridized carbons (Fsp3) is 0.231. The third-order valence-corrected chi connectivity index (χ3v) is 3.79. The third-order valence-electron chi connectivity index (χ3n) is 2.78. The second-order valence-corrected chi connectivity index (χ2v) is 5.14. The second-order valence-electron chi connectivity index (χ2n) is 3.88. The van der Waals surface area contributed by atoms with Gasteiger partial charge in [-0.1, -0.05) is 17.7 Å². The normalized spacial score (nSPS) is 12.7. The van der Waals surface area contributed by atoms with Crippen molar-refractivity contribution in [3.63, 3.8) is 0 Å². The minimum atomic E-state index is -0.301. The molecule has 2 rings (SSSR count). The predicted molar refractivity (Wildman–Crippen MR) is 73.3 cm³/mol. The van der Waals surface area contributed by atoms with Crippen LogP contribution in [-0.4, -0.2) is 7.05 Å². The van der Waals surface area contributed by atoms with Crippen LogP contribution in [0.25, 0.3) is 0 Å². The van der Waals surface area contributed by atoms with Crippen molar-refractivity contribution in [3.05, 3.63) is 57.2 Å². The fourth-order valence-corrected chi connectivity index (χ4v) is 2.53. The van der Waals surface area contributed by atoms with Crippen LogP contribution in [0.4, 0.5) is 4.39 Å². The quantitative estimate of drug-likeness (QED) is 0.901. The lowest BCUT2D eigenvalue weighted by Gasteiger charge is -2.15. The van der Waals surface area contributed by atoms with E-state index in [2.05, 4.69) is 21.2 Å². The first kappa shape index (κ1) is 13.6. The molecule has 5 heteroatoms. The average Bonchev–Trinajstić information content (AvgIpc) is 2.76. The van der Waals surface area contributed by atoms with Crippen molar-refractivity contribution < 1.29 is 8.81 Å². The van der Waals surface area contributed by atoms with Crippen molar-refractivity contribution in [2.24, 2.45) is 0 Å². The molecule has 0 aliphatic carbocycles. The van der Waals surface area contributed by atoms with Gasteiger partial charge < -0.3 is 9.73 Å². The SMILES string of the molecule is CNC(Cc1c(F)cccc1Cl)c1occc1Br. The van der Waals surface area contributed by atoms with Gasteiger partial charge in [0.25, 0.3) is 0 Å². The van der Waals surface area contributed by atoms with Gasteiger partial charge in [0.1, 0.15) is 11.6 Å². The summed E-state index contributed by atoms with van der Waals surface area (Å²) in [5.74, 6) is 0.433. The molecule has 96 valence electrons. The minimum absolute atomic E-state index is 0.135. The largest absolute Gasteiger partial charge is 0.466 e. The number of hydrogen-bond donors (Lipinski definition) is 1. The highest BCUT2D eigenvalue weighted by molar-refractivity contribution is 9.10. The van der Waals surface area contributed by atoms with E-state index in [0.29, 0.717) is 17.0 Å². The maximum atomic E-state index is 13.7. The van der Waals surface area contributed by atoms with Crippen molar-refractivity contribution >= 4 is 27.5 Å². The van der Waals surface area contributed by atoms with E-state index in [9.17, 15) is 4.39 Å². The van der Waals surface area contributed by atoms with Crippen LogP contribution >= 0.6 is 27.5 Å². The molecule has 1 N–H and O–H groups in total. The Morgan fingerprint density at radius 1 is 1.44 bits per heavy atom. The van der Waals surface area contributed by atoms with Crippen molar-refractivity contribution in [2.75, 3.05) is 7.05 Å². The van der Waals surface area contributed by atoms with E-state index in [-0.39, 0.29) is 11.9 Å². The molecule has 0 radical (unpaired) electrons. The van der Waals surface area contributed by atoms with Gasteiger partial charge in [0.2, 0.25) is 0 Å². The molecular formula is C13H12BrClFNO. The Morgan fingerprint density at radius 2 is 2.22 bits per heavy atom. The molecule has 1 atom stereocenters. The molecule has 0 bridgehead atoms. The number of benzene rings is 1. The van der Waals surface area contributed by atoms with Gasteiger partial charge in [-0.3, -0.25) is 0 Å². The Hall–Kier alpha value is -0.840. The first-order valence-electron chi connectivity index (χ1n) is 5.46. The first-order valence-corrected chi connectivity index (χ1v) is 6.63. The van der Waals surface area contributed by atoms with E-state index in [1.54, 1.807) is 25.4 Å². The van der Waals surface area contributed by atoms with Gasteiger partial charge in [0.05, 0.1) is 16.8 Å². The molecule has 1 unspecified atom stereocenters. The predicted octanol–water partition coefficient (Wildman–Crippen LogP) is 4.34. The van der Waals surface area contributed by atoms with Gasteiger partial charge in [0.15, 0.2) is 0 Å². The van der Waals surface area contributed by atoms with Crippen LogP contribution in [0.5, 0.6) is 0 Å². The second kappa shape index (κ2) is 5.87. The number of hydrogen-bond acceptors (Lipinski definition) is 2. The number of nitrogens with one attached hydrogen (secondary N) is 1. The highest BCUT2D eigenvalue weighted by Crippen LogP contribution is 2.30. The van der Waals surface area contributed by atoms with Crippen LogP contribution in [0.1, 0.15) is 17.4 Å². The lowest BCUT2D eigenvalue weighted by molar-refractivity contribution is 0.423. The van der Waals surface area contributed by atoms with Gasteiger partial charge in [-0.05, 0) is 47.6 Å². The molecular weight excluding hydrogens is 321 g/mol. The van der Waals surface area contributed by atoms with Crippen molar-refractivity contribution in [1.29, 1.82) is 0 Å². The van der Waals surface area contributed by atoms with E-state index in [1.807, 2.05) is 6.07 Å². The topological polar surface area (TPSA) is 25.2 Å². The van der Waals surface area contributed by atoms with Gasteiger partial charge in [-0.2, -0.15) is 0 Å². The summed E-state index contributed by atoms with van der Waals surface area (Å²) in [7, 11) is 1.80. The van der Waals surface area contributed by atoms with Crippen LogP contribution in [-0.2, 0) is 6.42 Å². The highest BCUT2D eigenvalue weighted by Gasteiger charge is 2.19. The lowest BCUT2D eigenvalue weighted by atomic mass is 10.0. The minimum Gasteiger partial charge on any atom is -0.466 e.